The first-order valence-electron chi connectivity index (χ1n) is 13.9. The number of hydrogen-bond donors (Lipinski definition) is 2. The minimum Gasteiger partial charge on any atom is -0.493 e. The number of halogens is 1. The van der Waals surface area contributed by atoms with Crippen molar-refractivity contribution in [2.75, 3.05) is 58.9 Å². The molecule has 1 fully saturated rings. The molecule has 4 aromatic rings. The molecule has 0 unspecified atom stereocenters. The molecular formula is C32H35ClN4O5. The maximum absolute atomic E-state index is 13.3. The zero-order chi connectivity index (χ0) is 29.6. The van der Waals surface area contributed by atoms with Gasteiger partial charge in [-0.1, -0.05) is 54.1 Å². The number of hydrogen-bond acceptors (Lipinski definition) is 7. The number of esters is 1. The molecule has 0 radical (unpaired) electrons. The third-order valence-corrected chi connectivity index (χ3v) is 7.74. The number of methoxy groups -OCH3 is 2. The predicted molar refractivity (Wildman–Crippen MR) is 164 cm³/mol. The molecule has 1 saturated heterocycles. The van der Waals surface area contributed by atoms with E-state index in [0.29, 0.717) is 46.2 Å². The summed E-state index contributed by atoms with van der Waals surface area (Å²) in [6, 6.07) is 22.0. The molecule has 2 N–H and O–H groups in total. The number of carbonyl (C=O) groups excluding carboxylic acids is 2. The van der Waals surface area contributed by atoms with Crippen LogP contribution in [0.2, 0.25) is 5.02 Å². The highest BCUT2D eigenvalue weighted by Crippen LogP contribution is 2.37. The van der Waals surface area contributed by atoms with E-state index in [-0.39, 0.29) is 30.8 Å². The van der Waals surface area contributed by atoms with Crippen molar-refractivity contribution in [3.63, 3.8) is 0 Å². The Morgan fingerprint density at radius 2 is 1.57 bits per heavy atom. The average molecular weight is 591 g/mol. The van der Waals surface area contributed by atoms with Gasteiger partial charge in [0.1, 0.15) is 5.69 Å². The molecule has 1 atom stereocenters. The maximum Gasteiger partial charge on any atom is 0.356 e. The Labute approximate surface area is 250 Å². The third-order valence-electron chi connectivity index (χ3n) is 7.49. The highest BCUT2D eigenvalue weighted by molar-refractivity contribution is 6.30. The second-order valence-corrected chi connectivity index (χ2v) is 10.5. The number of fused-ring (bicyclic) bond motifs is 1. The van der Waals surface area contributed by atoms with Crippen LogP contribution in [0.1, 0.15) is 34.6 Å². The number of H-pyrrole nitrogens is 1. The molecule has 1 aliphatic rings. The van der Waals surface area contributed by atoms with E-state index in [1.807, 2.05) is 18.2 Å². The van der Waals surface area contributed by atoms with E-state index in [1.54, 1.807) is 26.2 Å². The van der Waals surface area contributed by atoms with Crippen LogP contribution in [-0.2, 0) is 9.53 Å². The second kappa shape index (κ2) is 13.3. The van der Waals surface area contributed by atoms with Crippen molar-refractivity contribution in [1.82, 2.24) is 14.8 Å². The lowest BCUT2D eigenvalue weighted by atomic mass is 9.96. The van der Waals surface area contributed by atoms with Gasteiger partial charge < -0.3 is 24.5 Å². The number of anilines is 1. The lowest BCUT2D eigenvalue weighted by Gasteiger charge is -2.39. The molecule has 5 rings (SSSR count). The SMILES string of the molecule is CCOC(=O)c1[nH]c2cc(OC)c(OC)cc2c1NC(=O)CN1CCN([C@H](c2ccccc2)c2ccc(Cl)cc2)CC1. The summed E-state index contributed by atoms with van der Waals surface area (Å²) in [7, 11) is 3.08. The van der Waals surface area contributed by atoms with Gasteiger partial charge in [0.25, 0.3) is 0 Å². The quantitative estimate of drug-likeness (QED) is 0.240. The molecule has 3 aromatic carbocycles. The summed E-state index contributed by atoms with van der Waals surface area (Å²) in [6.45, 7) is 5.13. The maximum atomic E-state index is 13.3. The molecule has 220 valence electrons. The van der Waals surface area contributed by atoms with Gasteiger partial charge in [-0.15, -0.1) is 0 Å². The van der Waals surface area contributed by atoms with Crippen molar-refractivity contribution in [3.05, 3.63) is 88.6 Å². The van der Waals surface area contributed by atoms with E-state index < -0.39 is 5.97 Å². The number of amides is 1. The van der Waals surface area contributed by atoms with Gasteiger partial charge in [-0.05, 0) is 36.2 Å². The average Bonchev–Trinajstić information content (AvgIpc) is 3.35. The van der Waals surface area contributed by atoms with Crippen molar-refractivity contribution in [1.29, 1.82) is 0 Å². The minimum absolute atomic E-state index is 0.0878. The number of benzene rings is 3. The van der Waals surface area contributed by atoms with Crippen molar-refractivity contribution in [2.45, 2.75) is 13.0 Å². The fourth-order valence-corrected chi connectivity index (χ4v) is 5.59. The van der Waals surface area contributed by atoms with Gasteiger partial charge in [0.05, 0.1) is 44.6 Å². The Hall–Kier alpha value is -4.05. The van der Waals surface area contributed by atoms with E-state index in [4.69, 9.17) is 25.8 Å². The summed E-state index contributed by atoms with van der Waals surface area (Å²) in [5.41, 5.74) is 3.54. The summed E-state index contributed by atoms with van der Waals surface area (Å²) in [5, 5.41) is 4.30. The molecule has 10 heteroatoms. The van der Waals surface area contributed by atoms with E-state index >= 15 is 0 Å². The van der Waals surface area contributed by atoms with Crippen molar-refractivity contribution in [2.24, 2.45) is 0 Å². The minimum atomic E-state index is -0.551. The standard InChI is InChI=1S/C32H35ClN4O5/c1-4-42-32(39)30-29(24-18-26(40-2)27(41-3)19-25(24)34-30)35-28(38)20-36-14-16-37(17-15-36)31(21-8-6-5-7-9-21)22-10-12-23(33)13-11-22/h5-13,18-19,31,34H,4,14-17,20H2,1-3H3,(H,35,38)/t31-/m1/s1. The van der Waals surface area contributed by atoms with E-state index in [1.165, 1.54) is 18.2 Å². The monoisotopic (exact) mass is 590 g/mol. The first-order chi connectivity index (χ1) is 20.4. The zero-order valence-corrected chi connectivity index (χ0v) is 24.7. The van der Waals surface area contributed by atoms with Crippen LogP contribution in [0.4, 0.5) is 5.69 Å². The van der Waals surface area contributed by atoms with Crippen LogP contribution in [-0.4, -0.2) is 80.2 Å². The van der Waals surface area contributed by atoms with Crippen molar-refractivity contribution < 1.29 is 23.8 Å². The molecule has 0 aliphatic carbocycles. The Bertz CT molecular complexity index is 1530. The van der Waals surface area contributed by atoms with E-state index in [0.717, 1.165) is 13.1 Å². The van der Waals surface area contributed by atoms with E-state index in [9.17, 15) is 9.59 Å². The molecule has 1 amide bonds. The van der Waals surface area contributed by atoms with Crippen LogP contribution in [0.5, 0.6) is 11.5 Å². The molecule has 0 bridgehead atoms. The van der Waals surface area contributed by atoms with Gasteiger partial charge in [-0.25, -0.2) is 4.79 Å². The molecule has 0 spiro atoms. The summed E-state index contributed by atoms with van der Waals surface area (Å²) in [6.07, 6.45) is 0. The molecule has 1 aliphatic heterocycles. The largest absolute Gasteiger partial charge is 0.493 e. The molecule has 0 saturated carbocycles. The van der Waals surface area contributed by atoms with Crippen LogP contribution in [0.3, 0.4) is 0 Å². The normalized spacial score (nSPS) is 14.9. The topological polar surface area (TPSA) is 96.1 Å². The number of aromatic amines is 1. The predicted octanol–water partition coefficient (Wildman–Crippen LogP) is 5.36. The van der Waals surface area contributed by atoms with Gasteiger partial charge in [0.2, 0.25) is 5.91 Å². The summed E-state index contributed by atoms with van der Waals surface area (Å²) in [5.74, 6) is 0.219. The Morgan fingerprint density at radius 3 is 2.21 bits per heavy atom. The first kappa shape index (κ1) is 29.4. The first-order valence-corrected chi connectivity index (χ1v) is 14.3. The van der Waals surface area contributed by atoms with Crippen LogP contribution in [0.25, 0.3) is 10.9 Å². The lowest BCUT2D eigenvalue weighted by molar-refractivity contribution is -0.117. The third kappa shape index (κ3) is 6.38. The van der Waals surface area contributed by atoms with Gasteiger partial charge in [-0.3, -0.25) is 14.6 Å². The number of nitrogens with one attached hydrogen (secondary N) is 2. The second-order valence-electron chi connectivity index (χ2n) is 10.1. The molecule has 2 heterocycles. The smallest absolute Gasteiger partial charge is 0.356 e. The number of carbonyl (C=O) groups is 2. The Kier molecular flexibility index (Phi) is 9.31. The highest BCUT2D eigenvalue weighted by Gasteiger charge is 2.28. The fourth-order valence-electron chi connectivity index (χ4n) is 5.46. The molecule has 9 nitrogen and oxygen atoms in total. The number of rotatable bonds is 10. The number of nitrogens with zero attached hydrogens (tertiary/aromatic N) is 2. The van der Waals surface area contributed by atoms with Crippen LogP contribution in [0.15, 0.2) is 66.7 Å². The van der Waals surface area contributed by atoms with Gasteiger partial charge in [0.15, 0.2) is 11.5 Å². The lowest BCUT2D eigenvalue weighted by Crippen LogP contribution is -2.49. The van der Waals surface area contributed by atoms with Gasteiger partial charge >= 0.3 is 5.97 Å². The number of aromatic nitrogens is 1. The van der Waals surface area contributed by atoms with Gasteiger partial charge in [0, 0.05) is 42.7 Å². The summed E-state index contributed by atoms with van der Waals surface area (Å²) in [4.78, 5) is 33.7. The summed E-state index contributed by atoms with van der Waals surface area (Å²) >= 11 is 6.17. The Morgan fingerprint density at radius 1 is 0.929 bits per heavy atom. The molecular weight excluding hydrogens is 556 g/mol. The number of piperazine rings is 1. The molecule has 42 heavy (non-hydrogen) atoms. The molecule has 1 aromatic heterocycles. The van der Waals surface area contributed by atoms with Crippen molar-refractivity contribution in [3.8, 4) is 11.5 Å². The van der Waals surface area contributed by atoms with Crippen LogP contribution < -0.4 is 14.8 Å². The van der Waals surface area contributed by atoms with Crippen LogP contribution >= 0.6 is 11.6 Å². The van der Waals surface area contributed by atoms with Crippen molar-refractivity contribution >= 4 is 40.1 Å². The Balaban J connectivity index is 1.31. The zero-order valence-electron chi connectivity index (χ0n) is 24.0. The number of ether oxygens (including phenoxy) is 3. The highest BCUT2D eigenvalue weighted by atomic mass is 35.5. The summed E-state index contributed by atoms with van der Waals surface area (Å²) < 4.78 is 16.1. The van der Waals surface area contributed by atoms with E-state index in [2.05, 4.69) is 56.5 Å². The van der Waals surface area contributed by atoms with Crippen LogP contribution in [0, 0.1) is 0 Å². The van der Waals surface area contributed by atoms with Gasteiger partial charge in [-0.2, -0.15) is 0 Å². The fraction of sp³-hybridized carbons (Fsp3) is 0.312.